The molecule has 33 heavy (non-hydrogen) atoms. The Morgan fingerprint density at radius 3 is 2.67 bits per heavy atom. The molecular formula is C28H22N4O. The van der Waals surface area contributed by atoms with Gasteiger partial charge < -0.3 is 4.57 Å². The van der Waals surface area contributed by atoms with Crippen molar-refractivity contribution in [3.8, 4) is 11.1 Å². The summed E-state index contributed by atoms with van der Waals surface area (Å²) in [6.07, 6.45) is 4.48. The lowest BCUT2D eigenvalue weighted by Crippen LogP contribution is -2.24. The highest BCUT2D eigenvalue weighted by atomic mass is 16.1. The molecule has 6 aromatic rings. The molecule has 0 aliphatic heterocycles. The first kappa shape index (κ1) is 19.4. The molecule has 0 aliphatic rings. The number of para-hydroxylation sites is 1. The summed E-state index contributed by atoms with van der Waals surface area (Å²) in [6.45, 7) is 0.478. The molecule has 0 radical (unpaired) electrons. The normalized spacial score (nSPS) is 11.5. The standard InChI is InChI=1S/C28H22N4O/c1-31-15-13-21-17-20(10-12-26(21)31)24-7-4-6-22-18-29-32(28(33)27(22)24)16-14-23-11-9-19-5-2-3-8-25(19)30-23/h2-13,15,17-18H,14,16H2,1H3. The average Bonchev–Trinajstić information content (AvgIpc) is 3.23. The summed E-state index contributed by atoms with van der Waals surface area (Å²) in [7, 11) is 2.04. The van der Waals surface area contributed by atoms with Crippen LogP contribution in [0.1, 0.15) is 5.69 Å². The third kappa shape index (κ3) is 3.38. The zero-order valence-corrected chi connectivity index (χ0v) is 18.3. The maximum absolute atomic E-state index is 13.5. The molecule has 0 bridgehead atoms. The Bertz CT molecular complexity index is 1710. The molecule has 3 heterocycles. The maximum Gasteiger partial charge on any atom is 0.275 e. The van der Waals surface area contributed by atoms with Crippen molar-refractivity contribution in [1.82, 2.24) is 19.3 Å². The average molecular weight is 431 g/mol. The van der Waals surface area contributed by atoms with Crippen LogP contribution >= 0.6 is 0 Å². The second kappa shape index (κ2) is 7.71. The van der Waals surface area contributed by atoms with Gasteiger partial charge in [-0.3, -0.25) is 9.78 Å². The monoisotopic (exact) mass is 430 g/mol. The second-order valence-electron chi connectivity index (χ2n) is 8.39. The smallest absolute Gasteiger partial charge is 0.275 e. The molecule has 0 spiro atoms. The molecule has 6 rings (SSSR count). The molecule has 160 valence electrons. The lowest BCUT2D eigenvalue weighted by molar-refractivity contribution is 0.580. The van der Waals surface area contributed by atoms with Gasteiger partial charge in [-0.1, -0.05) is 48.5 Å². The van der Waals surface area contributed by atoms with Gasteiger partial charge in [-0.15, -0.1) is 0 Å². The molecule has 0 amide bonds. The number of pyridine rings is 1. The highest BCUT2D eigenvalue weighted by Gasteiger charge is 2.12. The van der Waals surface area contributed by atoms with Gasteiger partial charge in [0.25, 0.3) is 5.56 Å². The van der Waals surface area contributed by atoms with Crippen LogP contribution < -0.4 is 5.56 Å². The Morgan fingerprint density at radius 2 is 1.73 bits per heavy atom. The van der Waals surface area contributed by atoms with Crippen molar-refractivity contribution in [1.29, 1.82) is 0 Å². The second-order valence-corrected chi connectivity index (χ2v) is 8.39. The molecule has 0 N–H and O–H groups in total. The number of rotatable bonds is 4. The van der Waals surface area contributed by atoms with Crippen LogP contribution in [0.3, 0.4) is 0 Å². The van der Waals surface area contributed by atoms with Crippen molar-refractivity contribution in [3.63, 3.8) is 0 Å². The minimum atomic E-state index is -0.0722. The summed E-state index contributed by atoms with van der Waals surface area (Å²) < 4.78 is 3.66. The van der Waals surface area contributed by atoms with Crippen LogP contribution in [0.25, 0.3) is 43.7 Å². The fourth-order valence-electron chi connectivity index (χ4n) is 4.55. The molecule has 3 aromatic carbocycles. The number of nitrogens with zero attached hydrogens (tertiary/aromatic N) is 4. The van der Waals surface area contributed by atoms with Gasteiger partial charge in [0.1, 0.15) is 0 Å². The van der Waals surface area contributed by atoms with E-state index in [4.69, 9.17) is 4.98 Å². The Balaban J connectivity index is 1.39. The quantitative estimate of drug-likeness (QED) is 0.379. The van der Waals surface area contributed by atoms with Crippen LogP contribution in [0.2, 0.25) is 0 Å². The Labute approximate surface area is 190 Å². The van der Waals surface area contributed by atoms with Crippen LogP contribution in [-0.2, 0) is 20.0 Å². The fourth-order valence-corrected chi connectivity index (χ4v) is 4.55. The molecule has 5 nitrogen and oxygen atoms in total. The van der Waals surface area contributed by atoms with E-state index in [0.29, 0.717) is 18.4 Å². The van der Waals surface area contributed by atoms with Crippen molar-refractivity contribution >= 4 is 32.6 Å². The van der Waals surface area contributed by atoms with Gasteiger partial charge in [-0.25, -0.2) is 4.68 Å². The zero-order chi connectivity index (χ0) is 22.4. The highest BCUT2D eigenvalue weighted by molar-refractivity contribution is 5.97. The van der Waals surface area contributed by atoms with Gasteiger partial charge in [-0.2, -0.15) is 5.10 Å². The number of hydrogen-bond acceptors (Lipinski definition) is 3. The molecule has 0 aliphatic carbocycles. The van der Waals surface area contributed by atoms with Gasteiger partial charge in [0, 0.05) is 47.0 Å². The van der Waals surface area contributed by atoms with E-state index in [9.17, 15) is 4.79 Å². The van der Waals surface area contributed by atoms with Gasteiger partial charge in [0.2, 0.25) is 0 Å². The molecular weight excluding hydrogens is 408 g/mol. The summed E-state index contributed by atoms with van der Waals surface area (Å²) in [6, 6.07) is 26.5. The van der Waals surface area contributed by atoms with Crippen molar-refractivity contribution < 1.29 is 0 Å². The summed E-state index contributed by atoms with van der Waals surface area (Å²) in [4.78, 5) is 18.2. The number of aryl methyl sites for hydroxylation is 3. The van der Waals surface area contributed by atoms with Gasteiger partial charge in [0.15, 0.2) is 0 Å². The van der Waals surface area contributed by atoms with Gasteiger partial charge in [-0.05, 0) is 41.5 Å². The SMILES string of the molecule is Cn1ccc2cc(-c3cccc4cnn(CCc5ccc6ccccc6n5)c(=O)c34)ccc21. The summed E-state index contributed by atoms with van der Waals surface area (Å²) in [5.41, 5.74) is 4.98. The van der Waals surface area contributed by atoms with Gasteiger partial charge >= 0.3 is 0 Å². The maximum atomic E-state index is 13.5. The van der Waals surface area contributed by atoms with Gasteiger partial charge in [0.05, 0.1) is 23.6 Å². The van der Waals surface area contributed by atoms with Crippen LogP contribution in [0.4, 0.5) is 0 Å². The Hall–Kier alpha value is -4.25. The molecule has 0 saturated carbocycles. The van der Waals surface area contributed by atoms with E-state index in [0.717, 1.165) is 38.5 Å². The largest absolute Gasteiger partial charge is 0.351 e. The number of aromatic nitrogens is 4. The fraction of sp³-hybridized carbons (Fsp3) is 0.107. The molecule has 0 unspecified atom stereocenters. The number of benzene rings is 3. The number of fused-ring (bicyclic) bond motifs is 3. The summed E-state index contributed by atoms with van der Waals surface area (Å²) in [5, 5.41) is 8.27. The van der Waals surface area contributed by atoms with Crippen molar-refractivity contribution in [2.75, 3.05) is 0 Å². The van der Waals surface area contributed by atoms with E-state index >= 15 is 0 Å². The van der Waals surface area contributed by atoms with E-state index in [2.05, 4.69) is 52.3 Å². The van der Waals surface area contributed by atoms with Crippen LogP contribution in [0.15, 0.2) is 96.1 Å². The summed E-state index contributed by atoms with van der Waals surface area (Å²) >= 11 is 0. The van der Waals surface area contributed by atoms with E-state index in [1.54, 1.807) is 10.9 Å². The predicted octanol–water partition coefficient (Wildman–Crippen LogP) is 5.35. The van der Waals surface area contributed by atoms with Crippen LogP contribution in [0, 0.1) is 0 Å². The molecule has 0 saturated heterocycles. The molecule has 5 heteroatoms. The third-order valence-electron chi connectivity index (χ3n) is 6.31. The van der Waals surface area contributed by atoms with Crippen molar-refractivity contribution in [2.45, 2.75) is 13.0 Å². The third-order valence-corrected chi connectivity index (χ3v) is 6.31. The van der Waals surface area contributed by atoms with Crippen LogP contribution in [-0.4, -0.2) is 19.3 Å². The van der Waals surface area contributed by atoms with Crippen molar-refractivity contribution in [2.24, 2.45) is 7.05 Å². The van der Waals surface area contributed by atoms with E-state index < -0.39 is 0 Å². The first-order valence-electron chi connectivity index (χ1n) is 11.1. The number of hydrogen-bond donors (Lipinski definition) is 0. The highest BCUT2D eigenvalue weighted by Crippen LogP contribution is 2.29. The zero-order valence-electron chi connectivity index (χ0n) is 18.3. The topological polar surface area (TPSA) is 52.7 Å². The molecule has 0 atom stereocenters. The first-order valence-corrected chi connectivity index (χ1v) is 11.1. The van der Waals surface area contributed by atoms with Crippen LogP contribution in [0.5, 0.6) is 0 Å². The minimum Gasteiger partial charge on any atom is -0.351 e. The molecule has 3 aromatic heterocycles. The van der Waals surface area contributed by atoms with E-state index in [-0.39, 0.29) is 5.56 Å². The van der Waals surface area contributed by atoms with E-state index in [1.165, 1.54) is 5.52 Å². The minimum absolute atomic E-state index is 0.0722. The lowest BCUT2D eigenvalue weighted by Gasteiger charge is -2.10. The Kier molecular flexibility index (Phi) is 4.54. The lowest BCUT2D eigenvalue weighted by atomic mass is 9.99. The predicted molar refractivity (Wildman–Crippen MR) is 133 cm³/mol. The Morgan fingerprint density at radius 1 is 0.848 bits per heavy atom. The summed E-state index contributed by atoms with van der Waals surface area (Å²) in [5.74, 6) is 0. The first-order chi connectivity index (χ1) is 16.2. The van der Waals surface area contributed by atoms with Crippen molar-refractivity contribution in [3.05, 3.63) is 107 Å². The molecule has 0 fully saturated rings. The van der Waals surface area contributed by atoms with E-state index in [1.807, 2.05) is 49.5 Å².